The number of fused-ring (bicyclic) bond motifs is 2. The second-order valence-electron chi connectivity index (χ2n) is 7.36. The van der Waals surface area contributed by atoms with Crippen molar-refractivity contribution < 1.29 is 33.3 Å². The fourth-order valence-electron chi connectivity index (χ4n) is 4.72. The second kappa shape index (κ2) is 5.72. The number of carboxylic acids is 1. The standard InChI is InChI=1S/C16H20F2N2O5/c17-7-1-5-13-15(12(7)18)25-11-2-8(19)10(21)3-9(11)20(13)4-6(14(5)22)16(23)24/h4-5,7-13,15,21H,1-3,19H2,(H,23,24). The molecule has 0 aromatic carbocycles. The zero-order chi connectivity index (χ0) is 18.0. The summed E-state index contributed by atoms with van der Waals surface area (Å²) in [6, 6.07) is -1.74. The highest BCUT2D eigenvalue weighted by molar-refractivity contribution is 6.18. The summed E-state index contributed by atoms with van der Waals surface area (Å²) in [6.07, 6.45) is -4.97. The zero-order valence-corrected chi connectivity index (χ0v) is 13.3. The highest BCUT2D eigenvalue weighted by Gasteiger charge is 2.59. The van der Waals surface area contributed by atoms with Gasteiger partial charge in [0.2, 0.25) is 0 Å². The van der Waals surface area contributed by atoms with Crippen LogP contribution in [-0.4, -0.2) is 75.6 Å². The number of halogens is 2. The minimum Gasteiger partial charge on any atom is -0.478 e. The quantitative estimate of drug-likeness (QED) is 0.543. The number of nitrogens with zero attached hydrogens (tertiary/aromatic N) is 1. The minimum absolute atomic E-state index is 0.218. The number of nitrogens with two attached hydrogens (primary N) is 1. The van der Waals surface area contributed by atoms with E-state index in [4.69, 9.17) is 10.5 Å². The van der Waals surface area contributed by atoms with Crippen LogP contribution in [-0.2, 0) is 14.3 Å². The molecule has 0 amide bonds. The van der Waals surface area contributed by atoms with Crippen molar-refractivity contribution >= 4 is 11.8 Å². The Labute approximate surface area is 142 Å². The topological polar surface area (TPSA) is 113 Å². The Morgan fingerprint density at radius 1 is 1.32 bits per heavy atom. The second-order valence-corrected chi connectivity index (χ2v) is 7.36. The lowest BCUT2D eigenvalue weighted by Gasteiger charge is -2.58. The molecule has 4 N–H and O–H groups in total. The van der Waals surface area contributed by atoms with Gasteiger partial charge in [0.25, 0.3) is 0 Å². The van der Waals surface area contributed by atoms with E-state index in [1.165, 1.54) is 6.20 Å². The van der Waals surface area contributed by atoms with Gasteiger partial charge in [-0.2, -0.15) is 0 Å². The molecule has 138 valence electrons. The van der Waals surface area contributed by atoms with E-state index >= 15 is 0 Å². The van der Waals surface area contributed by atoms with Crippen molar-refractivity contribution in [2.45, 2.75) is 68.0 Å². The van der Waals surface area contributed by atoms with Gasteiger partial charge in [-0.05, 0) is 19.3 Å². The Morgan fingerprint density at radius 3 is 2.72 bits per heavy atom. The molecule has 2 aliphatic heterocycles. The van der Waals surface area contributed by atoms with Gasteiger partial charge in [0.05, 0.1) is 24.3 Å². The van der Waals surface area contributed by atoms with Crippen LogP contribution in [0.1, 0.15) is 19.3 Å². The van der Waals surface area contributed by atoms with Crippen molar-refractivity contribution in [3.05, 3.63) is 11.8 Å². The van der Waals surface area contributed by atoms with Gasteiger partial charge in [0, 0.05) is 18.2 Å². The highest BCUT2D eigenvalue weighted by Crippen LogP contribution is 2.46. The number of carboxylic acid groups (broad SMARTS) is 1. The molecule has 9 unspecified atom stereocenters. The summed E-state index contributed by atoms with van der Waals surface area (Å²) < 4.78 is 34.4. The van der Waals surface area contributed by atoms with Crippen LogP contribution in [0.25, 0.3) is 0 Å². The van der Waals surface area contributed by atoms with Crippen molar-refractivity contribution in [1.29, 1.82) is 0 Å². The van der Waals surface area contributed by atoms with E-state index in [1.54, 1.807) is 4.90 Å². The molecular formula is C16H20F2N2O5. The molecule has 4 rings (SSSR count). The number of aliphatic hydroxyl groups is 1. The molecule has 0 aromatic rings. The first-order chi connectivity index (χ1) is 11.8. The molecule has 4 aliphatic rings. The maximum atomic E-state index is 14.5. The Morgan fingerprint density at radius 2 is 2.04 bits per heavy atom. The summed E-state index contributed by atoms with van der Waals surface area (Å²) in [5.41, 5.74) is 5.43. The number of alkyl halides is 2. The van der Waals surface area contributed by atoms with Crippen molar-refractivity contribution in [2.24, 2.45) is 11.7 Å². The third-order valence-electron chi connectivity index (χ3n) is 5.97. The van der Waals surface area contributed by atoms with E-state index in [9.17, 15) is 28.6 Å². The summed E-state index contributed by atoms with van der Waals surface area (Å²) in [7, 11) is 0. The fourth-order valence-corrected chi connectivity index (χ4v) is 4.72. The lowest BCUT2D eigenvalue weighted by molar-refractivity contribution is -0.217. The van der Waals surface area contributed by atoms with Gasteiger partial charge in [0.1, 0.15) is 17.8 Å². The predicted octanol–water partition coefficient (Wildman–Crippen LogP) is -0.478. The summed E-state index contributed by atoms with van der Waals surface area (Å²) in [5.74, 6) is -3.06. The molecule has 9 atom stereocenters. The fraction of sp³-hybridized carbons (Fsp3) is 0.750. The van der Waals surface area contributed by atoms with Crippen LogP contribution in [0.3, 0.4) is 0 Å². The monoisotopic (exact) mass is 358 g/mol. The van der Waals surface area contributed by atoms with Crippen LogP contribution in [0.4, 0.5) is 8.78 Å². The average molecular weight is 358 g/mol. The van der Waals surface area contributed by atoms with Gasteiger partial charge in [0.15, 0.2) is 12.0 Å². The molecule has 2 heterocycles. The lowest BCUT2D eigenvalue weighted by Crippen LogP contribution is -2.71. The normalized spacial score (nSPS) is 49.1. The van der Waals surface area contributed by atoms with Gasteiger partial charge < -0.3 is 25.6 Å². The van der Waals surface area contributed by atoms with Gasteiger partial charge in [-0.15, -0.1) is 0 Å². The molecule has 0 spiro atoms. The third kappa shape index (κ3) is 2.40. The van der Waals surface area contributed by atoms with Crippen LogP contribution in [0.2, 0.25) is 0 Å². The molecule has 2 aliphatic carbocycles. The molecule has 0 bridgehead atoms. The first kappa shape index (κ1) is 16.9. The summed E-state index contributed by atoms with van der Waals surface area (Å²) in [5, 5.41) is 19.4. The smallest absolute Gasteiger partial charge is 0.340 e. The molecular weight excluding hydrogens is 338 g/mol. The highest BCUT2D eigenvalue weighted by atomic mass is 19.2. The summed E-state index contributed by atoms with van der Waals surface area (Å²) in [6.45, 7) is 0. The first-order valence-electron chi connectivity index (χ1n) is 8.43. The van der Waals surface area contributed by atoms with Crippen LogP contribution >= 0.6 is 0 Å². The van der Waals surface area contributed by atoms with E-state index in [-0.39, 0.29) is 19.3 Å². The minimum atomic E-state index is -1.89. The Bertz CT molecular complexity index is 644. The van der Waals surface area contributed by atoms with Crippen LogP contribution < -0.4 is 5.73 Å². The third-order valence-corrected chi connectivity index (χ3v) is 5.97. The predicted molar refractivity (Wildman–Crippen MR) is 79.9 cm³/mol. The zero-order valence-electron chi connectivity index (χ0n) is 13.3. The maximum Gasteiger partial charge on any atom is 0.340 e. The van der Waals surface area contributed by atoms with Gasteiger partial charge in [-0.1, -0.05) is 0 Å². The van der Waals surface area contributed by atoms with E-state index in [1.807, 2.05) is 0 Å². The van der Waals surface area contributed by atoms with Gasteiger partial charge >= 0.3 is 5.97 Å². The SMILES string of the molecule is NC1CC2OC3C(F)C(F)CC4C(=O)C(C(=O)O)=CN(C2CC1O)C43. The average Bonchev–Trinajstić information content (AvgIpc) is 2.55. The molecule has 0 radical (unpaired) electrons. The number of carbonyl (C=O) groups excluding carboxylic acids is 1. The van der Waals surface area contributed by atoms with Gasteiger partial charge in [-0.3, -0.25) is 4.79 Å². The molecule has 9 heteroatoms. The Kier molecular flexibility index (Phi) is 3.86. The van der Waals surface area contributed by atoms with Crippen LogP contribution in [0, 0.1) is 5.92 Å². The van der Waals surface area contributed by atoms with Gasteiger partial charge in [-0.25, -0.2) is 13.6 Å². The maximum absolute atomic E-state index is 14.5. The number of hydrogen-bond donors (Lipinski definition) is 3. The summed E-state index contributed by atoms with van der Waals surface area (Å²) >= 11 is 0. The number of rotatable bonds is 1. The van der Waals surface area contributed by atoms with Crippen molar-refractivity contribution in [1.82, 2.24) is 4.90 Å². The molecule has 2 saturated carbocycles. The molecule has 7 nitrogen and oxygen atoms in total. The summed E-state index contributed by atoms with van der Waals surface area (Å²) in [4.78, 5) is 25.5. The van der Waals surface area contributed by atoms with E-state index in [0.717, 1.165) is 0 Å². The largest absolute Gasteiger partial charge is 0.478 e. The number of aliphatic hydroxyl groups excluding tert-OH is 1. The number of carbonyl (C=O) groups is 2. The number of ether oxygens (including phenoxy) is 1. The van der Waals surface area contributed by atoms with Crippen LogP contribution in [0.5, 0.6) is 0 Å². The molecule has 25 heavy (non-hydrogen) atoms. The lowest BCUT2D eigenvalue weighted by atomic mass is 9.70. The number of aliphatic carboxylic acids is 1. The van der Waals surface area contributed by atoms with E-state index in [0.29, 0.717) is 0 Å². The number of ketones is 1. The molecule has 0 aromatic heterocycles. The Hall–Kier alpha value is -1.58. The molecule has 3 fully saturated rings. The number of morpholine rings is 1. The van der Waals surface area contributed by atoms with Crippen molar-refractivity contribution in [2.75, 3.05) is 0 Å². The van der Waals surface area contributed by atoms with E-state index in [2.05, 4.69) is 0 Å². The van der Waals surface area contributed by atoms with E-state index < -0.39 is 72.0 Å². The molecule has 1 saturated heterocycles. The van der Waals surface area contributed by atoms with Crippen molar-refractivity contribution in [3.63, 3.8) is 0 Å². The number of hydrogen-bond acceptors (Lipinski definition) is 6. The van der Waals surface area contributed by atoms with Crippen molar-refractivity contribution in [3.8, 4) is 0 Å². The van der Waals surface area contributed by atoms with Crippen LogP contribution in [0.15, 0.2) is 11.8 Å². The Balaban J connectivity index is 1.78. The number of Topliss-reactive ketones (excluding diaryl/α,β-unsaturated/α-hetero) is 1. The first-order valence-corrected chi connectivity index (χ1v) is 8.43.